The zero-order chi connectivity index (χ0) is 9.47. The maximum absolute atomic E-state index is 11.2. The first kappa shape index (κ1) is 8.56. The fourth-order valence-electron chi connectivity index (χ4n) is 1.49. The summed E-state index contributed by atoms with van der Waals surface area (Å²) in [4.78, 5) is 0. The Hall–Kier alpha value is -1.03. The van der Waals surface area contributed by atoms with Gasteiger partial charge in [0.1, 0.15) is 0 Å². The zero-order valence-corrected chi connectivity index (χ0v) is 8.19. The van der Waals surface area contributed by atoms with Crippen molar-refractivity contribution in [3.8, 4) is 0 Å². The summed E-state index contributed by atoms with van der Waals surface area (Å²) in [6.45, 7) is 2.00. The molecule has 4 heteroatoms. The van der Waals surface area contributed by atoms with E-state index in [1.54, 1.807) is 0 Å². The van der Waals surface area contributed by atoms with Crippen LogP contribution >= 0.6 is 0 Å². The molecule has 1 aliphatic rings. The van der Waals surface area contributed by atoms with Crippen LogP contribution in [-0.4, -0.2) is 14.2 Å². The molecule has 0 atom stereocenters. The molecule has 0 aliphatic carbocycles. The number of aryl methyl sites for hydroxylation is 2. The molecule has 3 nitrogen and oxygen atoms in total. The summed E-state index contributed by atoms with van der Waals surface area (Å²) >= 11 is 0. The normalized spacial score (nSPS) is 18.8. The average molecular weight is 197 g/mol. The molecule has 1 N–H and O–H groups in total. The van der Waals surface area contributed by atoms with Crippen LogP contribution in [0.15, 0.2) is 18.2 Å². The molecule has 2 rings (SSSR count). The van der Waals surface area contributed by atoms with Crippen LogP contribution in [0.5, 0.6) is 0 Å². The number of rotatable bonds is 0. The smallest absolute Gasteiger partial charge is 0.233 e. The van der Waals surface area contributed by atoms with E-state index < -0.39 is 10.0 Å². The van der Waals surface area contributed by atoms with Crippen molar-refractivity contribution in [2.75, 3.05) is 10.5 Å². The van der Waals surface area contributed by atoms with E-state index in [0.29, 0.717) is 6.42 Å². The highest BCUT2D eigenvalue weighted by Crippen LogP contribution is 2.23. The van der Waals surface area contributed by atoms with Gasteiger partial charge in [-0.1, -0.05) is 17.7 Å². The van der Waals surface area contributed by atoms with Gasteiger partial charge in [0.15, 0.2) is 0 Å². The summed E-state index contributed by atoms with van der Waals surface area (Å²) in [5, 5.41) is 0. The molecule has 1 heterocycles. The molecule has 1 aromatic carbocycles. The van der Waals surface area contributed by atoms with Gasteiger partial charge in [0.25, 0.3) is 0 Å². The number of hydrogen-bond acceptors (Lipinski definition) is 2. The van der Waals surface area contributed by atoms with Crippen molar-refractivity contribution in [3.63, 3.8) is 0 Å². The second kappa shape index (κ2) is 2.73. The second-order valence-electron chi connectivity index (χ2n) is 3.33. The highest BCUT2D eigenvalue weighted by atomic mass is 32.2. The third-order valence-electron chi connectivity index (χ3n) is 2.17. The van der Waals surface area contributed by atoms with Gasteiger partial charge in [-0.25, -0.2) is 8.42 Å². The lowest BCUT2D eigenvalue weighted by molar-refractivity contribution is 0.599. The van der Waals surface area contributed by atoms with Crippen molar-refractivity contribution in [2.45, 2.75) is 13.3 Å². The standard InChI is InChI=1S/C9H11NO2S/c1-7-2-3-9-8(6-7)4-5-13(11,12)10-9/h2-3,6,10H,4-5H2,1H3. The van der Waals surface area contributed by atoms with Gasteiger partial charge in [0.2, 0.25) is 10.0 Å². The topological polar surface area (TPSA) is 46.2 Å². The molecular formula is C9H11NO2S. The Bertz CT molecular complexity index is 437. The molecule has 0 saturated carbocycles. The molecule has 0 unspecified atom stereocenters. The maximum atomic E-state index is 11.2. The predicted octanol–water partition coefficient (Wildman–Crippen LogP) is 1.29. The van der Waals surface area contributed by atoms with Gasteiger partial charge in [-0.3, -0.25) is 4.72 Å². The van der Waals surface area contributed by atoms with E-state index in [0.717, 1.165) is 11.3 Å². The predicted molar refractivity (Wildman–Crippen MR) is 52.3 cm³/mol. The Labute approximate surface area is 77.8 Å². The second-order valence-corrected chi connectivity index (χ2v) is 5.17. The number of hydrogen-bond donors (Lipinski definition) is 1. The van der Waals surface area contributed by atoms with Gasteiger partial charge in [0, 0.05) is 0 Å². The van der Waals surface area contributed by atoms with Gasteiger partial charge in [-0.05, 0) is 25.0 Å². The summed E-state index contributed by atoms with van der Waals surface area (Å²) in [6, 6.07) is 5.76. The maximum Gasteiger partial charge on any atom is 0.233 e. The number of anilines is 1. The average Bonchev–Trinajstić information content (AvgIpc) is 2.05. The zero-order valence-electron chi connectivity index (χ0n) is 7.37. The molecule has 0 amide bonds. The molecular weight excluding hydrogens is 186 g/mol. The minimum Gasteiger partial charge on any atom is -0.283 e. The van der Waals surface area contributed by atoms with E-state index in [4.69, 9.17) is 0 Å². The van der Waals surface area contributed by atoms with Crippen molar-refractivity contribution < 1.29 is 8.42 Å². The summed E-state index contributed by atoms with van der Waals surface area (Å²) in [5.74, 6) is 0.198. The van der Waals surface area contributed by atoms with Crippen LogP contribution in [0.2, 0.25) is 0 Å². The van der Waals surface area contributed by atoms with Crippen LogP contribution in [0.1, 0.15) is 11.1 Å². The fraction of sp³-hybridized carbons (Fsp3) is 0.333. The number of sulfonamides is 1. The lowest BCUT2D eigenvalue weighted by Gasteiger charge is -2.18. The van der Waals surface area contributed by atoms with Crippen LogP contribution < -0.4 is 4.72 Å². The third-order valence-corrected chi connectivity index (χ3v) is 3.44. The van der Waals surface area contributed by atoms with Gasteiger partial charge >= 0.3 is 0 Å². The van der Waals surface area contributed by atoms with Crippen LogP contribution in [0, 0.1) is 6.92 Å². The first-order valence-electron chi connectivity index (χ1n) is 4.17. The number of benzene rings is 1. The summed E-state index contributed by atoms with van der Waals surface area (Å²) < 4.78 is 24.9. The van der Waals surface area contributed by atoms with Gasteiger partial charge < -0.3 is 0 Å². The van der Waals surface area contributed by atoms with E-state index in [9.17, 15) is 8.42 Å². The van der Waals surface area contributed by atoms with Gasteiger partial charge in [-0.15, -0.1) is 0 Å². The highest BCUT2D eigenvalue weighted by Gasteiger charge is 2.19. The molecule has 0 saturated heterocycles. The molecule has 13 heavy (non-hydrogen) atoms. The molecule has 0 aromatic heterocycles. The van der Waals surface area contributed by atoms with E-state index in [1.165, 1.54) is 5.56 Å². The Balaban J connectivity index is 2.48. The molecule has 1 aromatic rings. The highest BCUT2D eigenvalue weighted by molar-refractivity contribution is 7.92. The van der Waals surface area contributed by atoms with Crippen molar-refractivity contribution in [2.24, 2.45) is 0 Å². The van der Waals surface area contributed by atoms with Crippen LogP contribution in [0.25, 0.3) is 0 Å². The largest absolute Gasteiger partial charge is 0.283 e. The Morgan fingerprint density at radius 3 is 2.92 bits per heavy atom. The quantitative estimate of drug-likeness (QED) is 0.681. The first-order chi connectivity index (χ1) is 6.07. The first-order valence-corrected chi connectivity index (χ1v) is 5.82. The lowest BCUT2D eigenvalue weighted by Crippen LogP contribution is -2.23. The molecule has 1 aliphatic heterocycles. The van der Waals surface area contributed by atoms with Crippen molar-refractivity contribution in [1.29, 1.82) is 0 Å². The fourth-order valence-corrected chi connectivity index (χ4v) is 2.62. The molecule has 0 radical (unpaired) electrons. The van der Waals surface area contributed by atoms with Crippen molar-refractivity contribution >= 4 is 15.7 Å². The third kappa shape index (κ3) is 1.67. The van der Waals surface area contributed by atoms with E-state index in [-0.39, 0.29) is 5.75 Å². The summed E-state index contributed by atoms with van der Waals surface area (Å²) in [5.41, 5.74) is 2.99. The van der Waals surface area contributed by atoms with Crippen molar-refractivity contribution in [1.82, 2.24) is 0 Å². The Kier molecular flexibility index (Phi) is 1.80. The Morgan fingerprint density at radius 2 is 2.15 bits per heavy atom. The molecule has 70 valence electrons. The monoisotopic (exact) mass is 197 g/mol. The van der Waals surface area contributed by atoms with Crippen LogP contribution in [0.4, 0.5) is 5.69 Å². The van der Waals surface area contributed by atoms with E-state index in [1.807, 2.05) is 25.1 Å². The van der Waals surface area contributed by atoms with Crippen LogP contribution in [-0.2, 0) is 16.4 Å². The van der Waals surface area contributed by atoms with E-state index >= 15 is 0 Å². The minimum absolute atomic E-state index is 0.198. The number of nitrogens with one attached hydrogen (secondary N) is 1. The lowest BCUT2D eigenvalue weighted by atomic mass is 10.1. The minimum atomic E-state index is -3.06. The van der Waals surface area contributed by atoms with Crippen LogP contribution in [0.3, 0.4) is 0 Å². The summed E-state index contributed by atoms with van der Waals surface area (Å²) in [6.07, 6.45) is 0.617. The van der Waals surface area contributed by atoms with Crippen molar-refractivity contribution in [3.05, 3.63) is 29.3 Å². The van der Waals surface area contributed by atoms with E-state index in [2.05, 4.69) is 4.72 Å². The van der Waals surface area contributed by atoms with Gasteiger partial charge in [-0.2, -0.15) is 0 Å². The Morgan fingerprint density at radius 1 is 1.38 bits per heavy atom. The molecule has 0 bridgehead atoms. The molecule has 0 fully saturated rings. The SMILES string of the molecule is Cc1ccc2c(c1)CCS(=O)(=O)N2. The number of fused-ring (bicyclic) bond motifs is 1. The molecule has 0 spiro atoms. The van der Waals surface area contributed by atoms with Gasteiger partial charge in [0.05, 0.1) is 11.4 Å². The summed E-state index contributed by atoms with van der Waals surface area (Å²) in [7, 11) is -3.06.